The van der Waals surface area contributed by atoms with Gasteiger partial charge in [0.2, 0.25) is 5.28 Å². The van der Waals surface area contributed by atoms with E-state index in [1.54, 1.807) is 37.0 Å². The minimum Gasteiger partial charge on any atom is -0.468 e. The third kappa shape index (κ3) is 5.58. The van der Waals surface area contributed by atoms with Crippen LogP contribution in [0.3, 0.4) is 0 Å². The van der Waals surface area contributed by atoms with E-state index in [-0.39, 0.29) is 46.0 Å². The van der Waals surface area contributed by atoms with Crippen LogP contribution < -0.4 is 10.1 Å². The van der Waals surface area contributed by atoms with Gasteiger partial charge in [0.05, 0.1) is 17.0 Å². The highest BCUT2D eigenvalue weighted by Crippen LogP contribution is 2.40. The Hall–Kier alpha value is -4.26. The van der Waals surface area contributed by atoms with Crippen LogP contribution in [0.2, 0.25) is 5.28 Å². The summed E-state index contributed by atoms with van der Waals surface area (Å²) in [5.41, 5.74) is 2.20. The molecule has 1 aliphatic rings. The number of methoxy groups -OCH3 is 1. The Morgan fingerprint density at radius 3 is 2.73 bits per heavy atom. The van der Waals surface area contributed by atoms with Gasteiger partial charge in [0.25, 0.3) is 5.91 Å². The summed E-state index contributed by atoms with van der Waals surface area (Å²) in [7, 11) is 4.77. The van der Waals surface area contributed by atoms with Gasteiger partial charge in [-0.25, -0.2) is 18.7 Å². The lowest BCUT2D eigenvalue weighted by Crippen LogP contribution is -2.23. The summed E-state index contributed by atoms with van der Waals surface area (Å²) in [6, 6.07) is 6.36. The average Bonchev–Trinajstić information content (AvgIpc) is 3.36. The molecule has 1 N–H and O–H groups in total. The van der Waals surface area contributed by atoms with Gasteiger partial charge in [0, 0.05) is 51.4 Å². The standard InChI is InChI=1S/C32H32ClF2N7O3/c1-5-19-22(34)9-8-17-12-18(45-16-44-4)13-20(24(17)19)28-26(35)29-21(14-37-28)27(38-32(33)39-29)25-23-15-36-10-6-7-11-42(23)40-30(25)31(43)41(2)3/h8-9,12-14,36H,5-7,10-11,15-16H2,1-4H3. The monoisotopic (exact) mass is 635 g/mol. The molecule has 0 radical (unpaired) electrons. The van der Waals surface area contributed by atoms with E-state index in [0.717, 1.165) is 25.1 Å². The van der Waals surface area contributed by atoms with Crippen LogP contribution >= 0.6 is 11.6 Å². The Kier molecular flexibility index (Phi) is 8.63. The van der Waals surface area contributed by atoms with Crippen molar-refractivity contribution < 1.29 is 23.0 Å². The molecule has 10 nitrogen and oxygen atoms in total. The minimum absolute atomic E-state index is 0.0362. The van der Waals surface area contributed by atoms with Crippen LogP contribution in [-0.4, -0.2) is 70.1 Å². The fraction of sp³-hybridized carbons (Fsp3) is 0.344. The van der Waals surface area contributed by atoms with E-state index < -0.39 is 11.6 Å². The van der Waals surface area contributed by atoms with Crippen LogP contribution in [0.25, 0.3) is 44.2 Å². The fourth-order valence-electron chi connectivity index (χ4n) is 5.83. The number of pyridine rings is 1. The summed E-state index contributed by atoms with van der Waals surface area (Å²) < 4.78 is 44.4. The quantitative estimate of drug-likeness (QED) is 0.177. The Bertz CT molecular complexity index is 1950. The molecule has 234 valence electrons. The highest BCUT2D eigenvalue weighted by atomic mass is 35.5. The normalized spacial score (nSPS) is 13.5. The van der Waals surface area contributed by atoms with Gasteiger partial charge in [-0.3, -0.25) is 14.5 Å². The van der Waals surface area contributed by atoms with E-state index >= 15 is 8.78 Å². The van der Waals surface area contributed by atoms with Gasteiger partial charge in [-0.1, -0.05) is 13.0 Å². The largest absolute Gasteiger partial charge is 0.468 e. The Labute approximate surface area is 263 Å². The summed E-state index contributed by atoms with van der Waals surface area (Å²) in [4.78, 5) is 28.2. The summed E-state index contributed by atoms with van der Waals surface area (Å²) >= 11 is 6.46. The van der Waals surface area contributed by atoms with Gasteiger partial charge in [-0.15, -0.1) is 0 Å². The maximum Gasteiger partial charge on any atom is 0.274 e. The number of benzene rings is 2. The number of amides is 1. The first kappa shape index (κ1) is 30.8. The minimum atomic E-state index is -0.775. The lowest BCUT2D eigenvalue weighted by Gasteiger charge is -2.17. The van der Waals surface area contributed by atoms with E-state index in [9.17, 15) is 4.79 Å². The van der Waals surface area contributed by atoms with E-state index in [2.05, 4.69) is 25.4 Å². The molecule has 45 heavy (non-hydrogen) atoms. The lowest BCUT2D eigenvalue weighted by molar-refractivity contribution is 0.0512. The number of carbonyl (C=O) groups is 1. The molecule has 0 bridgehead atoms. The number of rotatable bonds is 7. The van der Waals surface area contributed by atoms with Gasteiger partial charge in [-0.05, 0) is 71.9 Å². The Morgan fingerprint density at radius 1 is 1.16 bits per heavy atom. The van der Waals surface area contributed by atoms with Gasteiger partial charge >= 0.3 is 0 Å². The van der Waals surface area contributed by atoms with Crippen molar-refractivity contribution in [2.24, 2.45) is 0 Å². The molecule has 0 fully saturated rings. The number of nitrogens with one attached hydrogen (secondary N) is 1. The zero-order chi connectivity index (χ0) is 31.8. The second kappa shape index (κ2) is 12.6. The molecule has 1 aliphatic heterocycles. The molecule has 4 heterocycles. The molecule has 13 heteroatoms. The van der Waals surface area contributed by atoms with Crippen molar-refractivity contribution in [3.05, 3.63) is 64.3 Å². The first-order valence-electron chi connectivity index (χ1n) is 14.6. The summed E-state index contributed by atoms with van der Waals surface area (Å²) in [6.45, 7) is 3.63. The van der Waals surface area contributed by atoms with Crippen molar-refractivity contribution in [2.75, 3.05) is 34.5 Å². The zero-order valence-corrected chi connectivity index (χ0v) is 26.1. The number of carbonyl (C=O) groups excluding carboxylic acids is 1. The molecule has 0 unspecified atom stereocenters. The first-order valence-corrected chi connectivity index (χ1v) is 15.0. The van der Waals surface area contributed by atoms with Crippen molar-refractivity contribution >= 4 is 39.2 Å². The van der Waals surface area contributed by atoms with Crippen molar-refractivity contribution in [3.8, 4) is 28.3 Å². The first-order chi connectivity index (χ1) is 21.7. The van der Waals surface area contributed by atoms with E-state index in [1.165, 1.54) is 24.3 Å². The summed E-state index contributed by atoms with van der Waals surface area (Å²) in [5.74, 6) is -1.11. The highest BCUT2D eigenvalue weighted by Gasteiger charge is 2.30. The van der Waals surface area contributed by atoms with Crippen LogP contribution in [0.5, 0.6) is 5.75 Å². The number of fused-ring (bicyclic) bond motifs is 3. The number of aromatic nitrogens is 5. The third-order valence-corrected chi connectivity index (χ3v) is 8.09. The summed E-state index contributed by atoms with van der Waals surface area (Å²) in [6.07, 6.45) is 3.65. The van der Waals surface area contributed by atoms with Crippen molar-refractivity contribution in [1.29, 1.82) is 0 Å². The number of halogens is 3. The van der Waals surface area contributed by atoms with E-state index in [4.69, 9.17) is 21.1 Å². The van der Waals surface area contributed by atoms with Gasteiger partial charge < -0.3 is 19.7 Å². The van der Waals surface area contributed by atoms with Crippen LogP contribution in [0, 0.1) is 11.6 Å². The Morgan fingerprint density at radius 2 is 1.98 bits per heavy atom. The SMILES string of the molecule is CCc1c(F)ccc2cc(OCOC)cc(-c3ncc4c(-c5c(C(=O)N(C)C)nn6c5CNCCCC6)nc(Cl)nc4c3F)c12. The molecule has 0 atom stereocenters. The average molecular weight is 636 g/mol. The molecule has 2 aromatic carbocycles. The zero-order valence-electron chi connectivity index (χ0n) is 25.4. The predicted octanol–water partition coefficient (Wildman–Crippen LogP) is 5.77. The molecule has 3 aromatic heterocycles. The second-order valence-corrected chi connectivity index (χ2v) is 11.3. The maximum absolute atomic E-state index is 16.8. The van der Waals surface area contributed by atoms with E-state index in [1.807, 2.05) is 6.92 Å². The molecule has 1 amide bonds. The molecular formula is C32H32ClF2N7O3. The van der Waals surface area contributed by atoms with Gasteiger partial charge in [0.1, 0.15) is 22.8 Å². The fourth-order valence-corrected chi connectivity index (χ4v) is 6.00. The second-order valence-electron chi connectivity index (χ2n) is 11.0. The van der Waals surface area contributed by atoms with Crippen molar-refractivity contribution in [2.45, 2.75) is 39.3 Å². The number of aryl methyl sites for hydroxylation is 2. The maximum atomic E-state index is 16.8. The van der Waals surface area contributed by atoms with Crippen LogP contribution in [-0.2, 0) is 24.2 Å². The molecule has 6 rings (SSSR count). The van der Waals surface area contributed by atoms with Crippen molar-refractivity contribution in [1.82, 2.24) is 34.9 Å². The predicted molar refractivity (Wildman–Crippen MR) is 167 cm³/mol. The Balaban J connectivity index is 1.63. The highest BCUT2D eigenvalue weighted by molar-refractivity contribution is 6.29. The number of nitrogens with zero attached hydrogens (tertiary/aromatic N) is 6. The van der Waals surface area contributed by atoms with E-state index in [0.29, 0.717) is 52.7 Å². The van der Waals surface area contributed by atoms with Crippen LogP contribution in [0.15, 0.2) is 30.5 Å². The molecule has 0 saturated carbocycles. The van der Waals surface area contributed by atoms with Gasteiger partial charge in [0.15, 0.2) is 18.3 Å². The molecular weight excluding hydrogens is 604 g/mol. The van der Waals surface area contributed by atoms with Crippen LogP contribution in [0.4, 0.5) is 8.78 Å². The lowest BCUT2D eigenvalue weighted by atomic mass is 9.94. The number of ether oxygens (including phenoxy) is 2. The van der Waals surface area contributed by atoms with Gasteiger partial charge in [-0.2, -0.15) is 5.10 Å². The topological polar surface area (TPSA) is 107 Å². The third-order valence-electron chi connectivity index (χ3n) is 7.92. The van der Waals surface area contributed by atoms with Crippen molar-refractivity contribution in [3.63, 3.8) is 0 Å². The summed E-state index contributed by atoms with van der Waals surface area (Å²) in [5, 5.41) is 9.27. The molecule has 0 spiro atoms. The molecule has 0 aliphatic carbocycles. The van der Waals surface area contributed by atoms with Crippen LogP contribution in [0.1, 0.15) is 41.5 Å². The molecule has 0 saturated heterocycles. The number of hydrogen-bond donors (Lipinski definition) is 1. The smallest absolute Gasteiger partial charge is 0.274 e. The molecule has 5 aromatic rings. The number of hydrogen-bond acceptors (Lipinski definition) is 8.